The van der Waals surface area contributed by atoms with Crippen LogP contribution in [0.3, 0.4) is 0 Å². The number of hydrogen-bond donors (Lipinski definition) is 2. The molecule has 0 aliphatic carbocycles. The second-order valence-electron chi connectivity index (χ2n) is 5.53. The van der Waals surface area contributed by atoms with Crippen molar-refractivity contribution in [3.63, 3.8) is 0 Å². The summed E-state index contributed by atoms with van der Waals surface area (Å²) in [6.45, 7) is 4.07. The minimum atomic E-state index is -3.48. The van der Waals surface area contributed by atoms with Crippen LogP contribution < -0.4 is 4.72 Å². The van der Waals surface area contributed by atoms with Gasteiger partial charge < -0.3 is 5.11 Å². The Kier molecular flexibility index (Phi) is 6.84. The van der Waals surface area contributed by atoms with E-state index in [-0.39, 0.29) is 24.6 Å². The fourth-order valence-corrected chi connectivity index (χ4v) is 3.41. The van der Waals surface area contributed by atoms with Crippen molar-refractivity contribution in [1.29, 1.82) is 0 Å². The molecular formula is C15H23NO4S. The van der Waals surface area contributed by atoms with Crippen LogP contribution in [0.1, 0.15) is 44.7 Å². The minimum absolute atomic E-state index is 0.119. The van der Waals surface area contributed by atoms with Gasteiger partial charge in [0.25, 0.3) is 0 Å². The summed E-state index contributed by atoms with van der Waals surface area (Å²) in [5.74, 6) is -0.801. The Morgan fingerprint density at radius 2 is 1.86 bits per heavy atom. The molecule has 0 fully saturated rings. The summed E-state index contributed by atoms with van der Waals surface area (Å²) in [6, 6.07) is 9.15. The number of benzene rings is 1. The number of carboxylic acid groups (broad SMARTS) is 1. The highest BCUT2D eigenvalue weighted by Gasteiger charge is 2.20. The summed E-state index contributed by atoms with van der Waals surface area (Å²) in [7, 11) is -3.48. The third-order valence-electron chi connectivity index (χ3n) is 3.03. The van der Waals surface area contributed by atoms with E-state index in [4.69, 9.17) is 5.11 Å². The molecule has 0 amide bonds. The van der Waals surface area contributed by atoms with Crippen molar-refractivity contribution in [3.8, 4) is 0 Å². The van der Waals surface area contributed by atoms with Gasteiger partial charge in [-0.2, -0.15) is 0 Å². The Labute approximate surface area is 126 Å². The first kappa shape index (κ1) is 17.7. The van der Waals surface area contributed by atoms with E-state index in [0.717, 1.165) is 5.56 Å². The maximum Gasteiger partial charge on any atom is 0.303 e. The number of carbonyl (C=O) groups is 1. The van der Waals surface area contributed by atoms with Gasteiger partial charge in [-0.3, -0.25) is 4.79 Å². The van der Waals surface area contributed by atoms with Crippen LogP contribution in [-0.2, 0) is 14.8 Å². The molecule has 2 N–H and O–H groups in total. The third-order valence-corrected chi connectivity index (χ3v) is 4.50. The lowest BCUT2D eigenvalue weighted by molar-refractivity contribution is -0.137. The van der Waals surface area contributed by atoms with Gasteiger partial charge in [-0.15, -0.1) is 0 Å². The van der Waals surface area contributed by atoms with Crippen LogP contribution >= 0.6 is 0 Å². The first-order valence-electron chi connectivity index (χ1n) is 7.07. The van der Waals surface area contributed by atoms with Crippen molar-refractivity contribution < 1.29 is 18.3 Å². The fraction of sp³-hybridized carbons (Fsp3) is 0.533. The molecule has 1 rings (SSSR count). The molecule has 0 bridgehead atoms. The number of sulfonamides is 1. The van der Waals surface area contributed by atoms with Crippen LogP contribution in [0.25, 0.3) is 0 Å². The van der Waals surface area contributed by atoms with E-state index >= 15 is 0 Å². The molecule has 5 nitrogen and oxygen atoms in total. The quantitative estimate of drug-likeness (QED) is 0.734. The van der Waals surface area contributed by atoms with E-state index in [9.17, 15) is 13.2 Å². The zero-order valence-corrected chi connectivity index (χ0v) is 13.3. The van der Waals surface area contributed by atoms with Crippen molar-refractivity contribution in [1.82, 2.24) is 4.72 Å². The number of aliphatic carboxylic acids is 1. The van der Waals surface area contributed by atoms with E-state index in [1.807, 2.05) is 44.2 Å². The van der Waals surface area contributed by atoms with E-state index in [1.54, 1.807) is 0 Å². The van der Waals surface area contributed by atoms with E-state index in [1.165, 1.54) is 0 Å². The standard InChI is InChI=1S/C15H23NO4S/c1-12(2)11-14(13-7-4-3-5-8-13)16-21(19,20)10-6-9-15(17)18/h3-5,7-8,12,14,16H,6,9-11H2,1-2H3,(H,17,18). The van der Waals surface area contributed by atoms with Crippen molar-refractivity contribution in [2.45, 2.75) is 39.2 Å². The molecule has 0 aliphatic heterocycles. The van der Waals surface area contributed by atoms with Gasteiger partial charge in [0.05, 0.1) is 5.75 Å². The number of hydrogen-bond acceptors (Lipinski definition) is 3. The average molecular weight is 313 g/mol. The van der Waals surface area contributed by atoms with E-state index in [2.05, 4.69) is 4.72 Å². The monoisotopic (exact) mass is 313 g/mol. The molecule has 0 aliphatic rings. The Balaban J connectivity index is 2.74. The second-order valence-corrected chi connectivity index (χ2v) is 7.40. The molecule has 1 atom stereocenters. The molecule has 1 aromatic carbocycles. The predicted molar refractivity (Wildman–Crippen MR) is 82.4 cm³/mol. The van der Waals surface area contributed by atoms with Crippen molar-refractivity contribution in [2.24, 2.45) is 5.92 Å². The summed E-state index contributed by atoms with van der Waals surface area (Å²) in [5.41, 5.74) is 0.924. The number of rotatable bonds is 9. The van der Waals surface area contributed by atoms with Crippen molar-refractivity contribution >= 4 is 16.0 Å². The van der Waals surface area contributed by atoms with Gasteiger partial charge >= 0.3 is 5.97 Å². The molecule has 0 heterocycles. The molecule has 0 radical (unpaired) electrons. The Bertz CT molecular complexity index is 540. The zero-order valence-electron chi connectivity index (χ0n) is 12.5. The molecule has 1 aromatic rings. The summed E-state index contributed by atoms with van der Waals surface area (Å²) in [5, 5.41) is 8.57. The topological polar surface area (TPSA) is 83.5 Å². The normalized spacial score (nSPS) is 13.3. The Morgan fingerprint density at radius 1 is 1.24 bits per heavy atom. The van der Waals surface area contributed by atoms with Gasteiger partial charge in [-0.1, -0.05) is 44.2 Å². The Hall–Kier alpha value is -1.40. The largest absolute Gasteiger partial charge is 0.481 e. The molecule has 0 aromatic heterocycles. The van der Waals surface area contributed by atoms with Crippen LogP contribution in [0.5, 0.6) is 0 Å². The lowest BCUT2D eigenvalue weighted by Gasteiger charge is -2.21. The van der Waals surface area contributed by atoms with Crippen LogP contribution in [-0.4, -0.2) is 25.2 Å². The zero-order chi connectivity index (χ0) is 15.9. The van der Waals surface area contributed by atoms with Crippen molar-refractivity contribution in [3.05, 3.63) is 35.9 Å². The molecule has 6 heteroatoms. The predicted octanol–water partition coefficient (Wildman–Crippen LogP) is 2.56. The SMILES string of the molecule is CC(C)CC(NS(=O)(=O)CCCC(=O)O)c1ccccc1. The summed E-state index contributed by atoms with van der Waals surface area (Å²) >= 11 is 0. The molecule has 118 valence electrons. The summed E-state index contributed by atoms with van der Waals surface area (Å²) in [6.07, 6.45) is 0.678. The highest BCUT2D eigenvalue weighted by atomic mass is 32.2. The average Bonchev–Trinajstić information content (AvgIpc) is 2.37. The molecule has 0 saturated carbocycles. The molecule has 1 unspecified atom stereocenters. The van der Waals surface area contributed by atoms with E-state index < -0.39 is 16.0 Å². The lowest BCUT2D eigenvalue weighted by Crippen LogP contribution is -2.31. The van der Waals surface area contributed by atoms with Gasteiger partial charge in [0, 0.05) is 12.5 Å². The van der Waals surface area contributed by atoms with Gasteiger partial charge in [-0.05, 0) is 24.3 Å². The maximum atomic E-state index is 12.1. The van der Waals surface area contributed by atoms with Crippen LogP contribution in [0.15, 0.2) is 30.3 Å². The first-order valence-corrected chi connectivity index (χ1v) is 8.72. The summed E-state index contributed by atoms with van der Waals surface area (Å²) < 4.78 is 26.8. The highest BCUT2D eigenvalue weighted by molar-refractivity contribution is 7.89. The van der Waals surface area contributed by atoms with Crippen molar-refractivity contribution in [2.75, 3.05) is 5.75 Å². The minimum Gasteiger partial charge on any atom is -0.481 e. The molecule has 0 saturated heterocycles. The fourth-order valence-electron chi connectivity index (χ4n) is 2.10. The molecule has 0 spiro atoms. The Morgan fingerprint density at radius 3 is 2.38 bits per heavy atom. The molecule has 21 heavy (non-hydrogen) atoms. The maximum absolute atomic E-state index is 12.1. The van der Waals surface area contributed by atoms with Gasteiger partial charge in [0.1, 0.15) is 0 Å². The third kappa shape index (κ3) is 7.24. The number of nitrogens with one attached hydrogen (secondary N) is 1. The van der Waals surface area contributed by atoms with Crippen LogP contribution in [0, 0.1) is 5.92 Å². The van der Waals surface area contributed by atoms with Gasteiger partial charge in [-0.25, -0.2) is 13.1 Å². The van der Waals surface area contributed by atoms with Gasteiger partial charge in [0.15, 0.2) is 0 Å². The van der Waals surface area contributed by atoms with Crippen LogP contribution in [0.2, 0.25) is 0 Å². The lowest BCUT2D eigenvalue weighted by atomic mass is 9.98. The summed E-state index contributed by atoms with van der Waals surface area (Å²) in [4.78, 5) is 10.5. The highest BCUT2D eigenvalue weighted by Crippen LogP contribution is 2.22. The number of carboxylic acids is 1. The molecular weight excluding hydrogens is 290 g/mol. The van der Waals surface area contributed by atoms with Crippen LogP contribution in [0.4, 0.5) is 0 Å². The van der Waals surface area contributed by atoms with Gasteiger partial charge in [0.2, 0.25) is 10.0 Å². The first-order chi connectivity index (χ1) is 9.80. The smallest absolute Gasteiger partial charge is 0.303 e. The van der Waals surface area contributed by atoms with E-state index in [0.29, 0.717) is 12.3 Å². The second kappa shape index (κ2) is 8.14.